The van der Waals surface area contributed by atoms with Crippen LogP contribution in [-0.4, -0.2) is 66.4 Å². The number of carbonyl (C=O) groups is 2. The van der Waals surface area contributed by atoms with E-state index >= 15 is 0 Å². The van der Waals surface area contributed by atoms with Crippen LogP contribution in [0.3, 0.4) is 0 Å². The van der Waals surface area contributed by atoms with E-state index in [1.165, 1.54) is 12.6 Å². The first kappa shape index (κ1) is 20.8. The summed E-state index contributed by atoms with van der Waals surface area (Å²) in [5, 5.41) is 2.92. The molecular weight excluding hydrogens is 366 g/mol. The standard InChI is InChI=1S/C22H29N5O2/c1-18(28)27(17-20-5-3-4-11-23-20)12-10-22(29)24-19-6-8-21(9-7-19)26-15-13-25(2)14-16-26/h3-9,11H,10,12-17H2,1-2H3,(H,24,29). The van der Waals surface area contributed by atoms with Crippen molar-refractivity contribution in [2.45, 2.75) is 19.9 Å². The van der Waals surface area contributed by atoms with Crippen LogP contribution in [-0.2, 0) is 16.1 Å². The molecule has 1 aromatic carbocycles. The summed E-state index contributed by atoms with van der Waals surface area (Å²) < 4.78 is 0. The molecule has 0 saturated carbocycles. The molecule has 1 N–H and O–H groups in total. The lowest BCUT2D eigenvalue weighted by molar-refractivity contribution is -0.130. The average molecular weight is 396 g/mol. The van der Waals surface area contributed by atoms with Gasteiger partial charge in [-0.2, -0.15) is 0 Å². The van der Waals surface area contributed by atoms with E-state index < -0.39 is 0 Å². The van der Waals surface area contributed by atoms with E-state index in [0.29, 0.717) is 13.1 Å². The Balaban J connectivity index is 1.48. The summed E-state index contributed by atoms with van der Waals surface area (Å²) in [6.45, 7) is 6.42. The van der Waals surface area contributed by atoms with Gasteiger partial charge in [0.05, 0.1) is 12.2 Å². The Morgan fingerprint density at radius 3 is 2.41 bits per heavy atom. The topological polar surface area (TPSA) is 68.8 Å². The number of aromatic nitrogens is 1. The number of hydrogen-bond acceptors (Lipinski definition) is 5. The molecule has 0 atom stereocenters. The number of hydrogen-bond donors (Lipinski definition) is 1. The lowest BCUT2D eigenvalue weighted by Gasteiger charge is -2.34. The molecule has 3 rings (SSSR count). The molecule has 1 fully saturated rings. The van der Waals surface area contributed by atoms with Crippen molar-refractivity contribution in [3.05, 3.63) is 54.4 Å². The lowest BCUT2D eigenvalue weighted by atomic mass is 10.2. The highest BCUT2D eigenvalue weighted by molar-refractivity contribution is 5.91. The van der Waals surface area contributed by atoms with Crippen molar-refractivity contribution in [3.63, 3.8) is 0 Å². The SMILES string of the molecule is CC(=O)N(CCC(=O)Nc1ccc(N2CCN(C)CC2)cc1)Cc1ccccn1. The second kappa shape index (κ2) is 10.0. The fraction of sp³-hybridized carbons (Fsp3) is 0.409. The molecule has 0 unspecified atom stereocenters. The van der Waals surface area contributed by atoms with E-state index in [-0.39, 0.29) is 18.2 Å². The van der Waals surface area contributed by atoms with Crippen LogP contribution in [0.1, 0.15) is 19.0 Å². The van der Waals surface area contributed by atoms with Crippen LogP contribution in [0.15, 0.2) is 48.7 Å². The Labute approximate surface area is 172 Å². The van der Waals surface area contributed by atoms with Crippen LogP contribution in [0.25, 0.3) is 0 Å². The summed E-state index contributed by atoms with van der Waals surface area (Å²) >= 11 is 0. The van der Waals surface area contributed by atoms with Gasteiger partial charge in [0.2, 0.25) is 11.8 Å². The molecule has 1 aliphatic rings. The van der Waals surface area contributed by atoms with Gasteiger partial charge in [0.15, 0.2) is 0 Å². The predicted molar refractivity (Wildman–Crippen MR) is 115 cm³/mol. The van der Waals surface area contributed by atoms with Gasteiger partial charge in [-0.1, -0.05) is 6.07 Å². The third kappa shape index (κ3) is 6.29. The number of nitrogens with zero attached hydrogens (tertiary/aromatic N) is 4. The van der Waals surface area contributed by atoms with Crippen LogP contribution in [0.5, 0.6) is 0 Å². The molecule has 2 heterocycles. The first-order valence-corrected chi connectivity index (χ1v) is 10.00. The predicted octanol–water partition coefficient (Wildman–Crippen LogP) is 2.21. The minimum absolute atomic E-state index is 0.0695. The van der Waals surface area contributed by atoms with Crippen molar-refractivity contribution in [2.24, 2.45) is 0 Å². The smallest absolute Gasteiger partial charge is 0.226 e. The highest BCUT2D eigenvalue weighted by atomic mass is 16.2. The minimum atomic E-state index is -0.107. The number of likely N-dealkylation sites (N-methyl/N-ethyl adjacent to an activating group) is 1. The third-order valence-corrected chi connectivity index (χ3v) is 5.15. The van der Waals surface area contributed by atoms with E-state index in [1.54, 1.807) is 11.1 Å². The van der Waals surface area contributed by atoms with Crippen molar-refractivity contribution in [2.75, 3.05) is 50.0 Å². The van der Waals surface area contributed by atoms with Crippen LogP contribution < -0.4 is 10.2 Å². The van der Waals surface area contributed by atoms with Crippen molar-refractivity contribution in [1.29, 1.82) is 0 Å². The Kier molecular flexibility index (Phi) is 7.19. The summed E-state index contributed by atoms with van der Waals surface area (Å²) in [6, 6.07) is 13.6. The number of anilines is 2. The van der Waals surface area contributed by atoms with Gasteiger partial charge in [-0.3, -0.25) is 14.6 Å². The normalized spacial score (nSPS) is 14.5. The van der Waals surface area contributed by atoms with Gasteiger partial charge in [0.1, 0.15) is 0 Å². The minimum Gasteiger partial charge on any atom is -0.369 e. The maximum absolute atomic E-state index is 12.3. The van der Waals surface area contributed by atoms with Crippen LogP contribution >= 0.6 is 0 Å². The molecule has 0 bridgehead atoms. The van der Waals surface area contributed by atoms with E-state index in [9.17, 15) is 9.59 Å². The summed E-state index contributed by atoms with van der Waals surface area (Å²) in [4.78, 5) is 34.8. The third-order valence-electron chi connectivity index (χ3n) is 5.15. The number of nitrogens with one attached hydrogen (secondary N) is 1. The molecule has 0 radical (unpaired) electrons. The molecule has 0 spiro atoms. The van der Waals surface area contributed by atoms with Crippen molar-refractivity contribution >= 4 is 23.2 Å². The fourth-order valence-electron chi connectivity index (χ4n) is 3.32. The molecule has 7 nitrogen and oxygen atoms in total. The number of piperazine rings is 1. The molecule has 2 amide bonds. The second-order valence-corrected chi connectivity index (χ2v) is 7.40. The van der Waals surface area contributed by atoms with Gasteiger partial charge in [0, 0.05) is 63.6 Å². The Morgan fingerprint density at radius 1 is 1.07 bits per heavy atom. The number of rotatable bonds is 7. The molecular formula is C22H29N5O2. The molecule has 0 aliphatic carbocycles. The van der Waals surface area contributed by atoms with Gasteiger partial charge in [-0.15, -0.1) is 0 Å². The van der Waals surface area contributed by atoms with E-state index in [4.69, 9.17) is 0 Å². The average Bonchev–Trinajstić information content (AvgIpc) is 2.73. The number of benzene rings is 1. The zero-order valence-electron chi connectivity index (χ0n) is 17.2. The zero-order valence-corrected chi connectivity index (χ0v) is 17.2. The molecule has 7 heteroatoms. The molecule has 1 aliphatic heterocycles. The highest BCUT2D eigenvalue weighted by Gasteiger charge is 2.15. The first-order chi connectivity index (χ1) is 14.0. The maximum Gasteiger partial charge on any atom is 0.226 e. The summed E-state index contributed by atoms with van der Waals surface area (Å²) in [6.07, 6.45) is 1.94. The largest absolute Gasteiger partial charge is 0.369 e. The second-order valence-electron chi connectivity index (χ2n) is 7.40. The fourth-order valence-corrected chi connectivity index (χ4v) is 3.32. The molecule has 154 valence electrons. The van der Waals surface area contributed by atoms with Crippen molar-refractivity contribution in [1.82, 2.24) is 14.8 Å². The Morgan fingerprint density at radius 2 is 1.79 bits per heavy atom. The number of carbonyl (C=O) groups excluding carboxylic acids is 2. The summed E-state index contributed by atoms with van der Waals surface area (Å²) in [5.74, 6) is -0.176. The summed E-state index contributed by atoms with van der Waals surface area (Å²) in [7, 11) is 2.14. The van der Waals surface area contributed by atoms with Gasteiger partial charge < -0.3 is 20.0 Å². The molecule has 2 aromatic rings. The van der Waals surface area contributed by atoms with E-state index in [0.717, 1.165) is 37.6 Å². The Hall–Kier alpha value is -2.93. The van der Waals surface area contributed by atoms with E-state index in [2.05, 4.69) is 27.1 Å². The molecule has 1 saturated heterocycles. The van der Waals surface area contributed by atoms with E-state index in [1.807, 2.05) is 42.5 Å². The molecule has 29 heavy (non-hydrogen) atoms. The van der Waals surface area contributed by atoms with Crippen LogP contribution in [0, 0.1) is 0 Å². The van der Waals surface area contributed by atoms with Gasteiger partial charge in [-0.05, 0) is 43.4 Å². The van der Waals surface area contributed by atoms with Crippen molar-refractivity contribution in [3.8, 4) is 0 Å². The highest BCUT2D eigenvalue weighted by Crippen LogP contribution is 2.19. The van der Waals surface area contributed by atoms with Gasteiger partial charge in [0.25, 0.3) is 0 Å². The quantitative estimate of drug-likeness (QED) is 0.779. The van der Waals surface area contributed by atoms with Crippen LogP contribution in [0.4, 0.5) is 11.4 Å². The zero-order chi connectivity index (χ0) is 20.6. The number of amides is 2. The summed E-state index contributed by atoms with van der Waals surface area (Å²) in [5.41, 5.74) is 2.75. The van der Waals surface area contributed by atoms with Crippen molar-refractivity contribution < 1.29 is 9.59 Å². The van der Waals surface area contributed by atoms with Gasteiger partial charge >= 0.3 is 0 Å². The Bertz CT molecular complexity index is 802. The van der Waals surface area contributed by atoms with Gasteiger partial charge in [-0.25, -0.2) is 0 Å². The number of pyridine rings is 1. The molecule has 1 aromatic heterocycles. The maximum atomic E-state index is 12.3. The lowest BCUT2D eigenvalue weighted by Crippen LogP contribution is -2.44. The first-order valence-electron chi connectivity index (χ1n) is 10.00. The van der Waals surface area contributed by atoms with Crippen LogP contribution in [0.2, 0.25) is 0 Å². The monoisotopic (exact) mass is 395 g/mol.